The molecule has 166 valence electrons. The van der Waals surface area contributed by atoms with Crippen LogP contribution in [0.5, 0.6) is 0 Å². The lowest BCUT2D eigenvalue weighted by molar-refractivity contribution is -0.115. The number of thioether (sulfide) groups is 1. The van der Waals surface area contributed by atoms with Crippen molar-refractivity contribution in [1.29, 1.82) is 0 Å². The van der Waals surface area contributed by atoms with Crippen molar-refractivity contribution < 1.29 is 13.2 Å². The van der Waals surface area contributed by atoms with Crippen LogP contribution >= 0.6 is 11.8 Å². The fraction of sp³-hybridized carbons (Fsp3) is 0.238. The zero-order valence-electron chi connectivity index (χ0n) is 17.5. The minimum atomic E-state index is -3.79. The summed E-state index contributed by atoms with van der Waals surface area (Å²) in [6.45, 7) is 4.68. The van der Waals surface area contributed by atoms with Crippen LogP contribution in [-0.4, -0.2) is 39.3 Å². The van der Waals surface area contributed by atoms with Crippen LogP contribution in [-0.2, 0) is 21.4 Å². The van der Waals surface area contributed by atoms with Gasteiger partial charge in [-0.25, -0.2) is 18.5 Å². The number of primary sulfonamides is 1. The maximum absolute atomic E-state index is 12.8. The first-order valence-corrected chi connectivity index (χ1v) is 12.5. The topological polar surface area (TPSA) is 133 Å². The molecular formula is C21H22N6O3S2. The van der Waals surface area contributed by atoms with Gasteiger partial charge in [-0.15, -0.1) is 10.2 Å². The second-order valence-corrected chi connectivity index (χ2v) is 9.83. The molecule has 2 aromatic carbocycles. The van der Waals surface area contributed by atoms with Gasteiger partial charge in [0.1, 0.15) is 5.52 Å². The summed E-state index contributed by atoms with van der Waals surface area (Å²) >= 11 is 1.24. The van der Waals surface area contributed by atoms with Crippen LogP contribution in [0, 0.1) is 0 Å². The van der Waals surface area contributed by atoms with Crippen LogP contribution in [0.4, 0.5) is 5.69 Å². The van der Waals surface area contributed by atoms with Crippen molar-refractivity contribution in [1.82, 2.24) is 19.7 Å². The molecular weight excluding hydrogens is 448 g/mol. The van der Waals surface area contributed by atoms with Gasteiger partial charge in [0.25, 0.3) is 0 Å². The Kier molecular flexibility index (Phi) is 6.13. The fourth-order valence-corrected chi connectivity index (χ4v) is 4.79. The summed E-state index contributed by atoms with van der Waals surface area (Å²) < 4.78 is 24.9. The lowest BCUT2D eigenvalue weighted by Gasteiger charge is -2.14. The van der Waals surface area contributed by atoms with E-state index in [0.29, 0.717) is 17.3 Å². The van der Waals surface area contributed by atoms with Crippen LogP contribution < -0.4 is 10.5 Å². The van der Waals surface area contributed by atoms with Gasteiger partial charge in [0.2, 0.25) is 21.1 Å². The Morgan fingerprint density at radius 2 is 1.84 bits per heavy atom. The van der Waals surface area contributed by atoms with E-state index in [1.54, 1.807) is 0 Å². The van der Waals surface area contributed by atoms with Crippen molar-refractivity contribution in [2.75, 3.05) is 5.32 Å². The second-order valence-electron chi connectivity index (χ2n) is 7.10. The molecule has 9 nitrogen and oxygen atoms in total. The average molecular weight is 471 g/mol. The van der Waals surface area contributed by atoms with Crippen LogP contribution in [0.25, 0.3) is 22.1 Å². The summed E-state index contributed by atoms with van der Waals surface area (Å²) in [5.41, 5.74) is 2.99. The van der Waals surface area contributed by atoms with Crippen molar-refractivity contribution in [3.05, 3.63) is 48.5 Å². The quantitative estimate of drug-likeness (QED) is 0.396. The minimum Gasteiger partial charge on any atom is -0.325 e. The van der Waals surface area contributed by atoms with E-state index in [9.17, 15) is 13.2 Å². The standard InChI is InChI=1S/C21H22N6O3S2/c1-3-17(20(28)23-13-9-11-14(12-10-13)32(22,29)30)31-21-24-19-18(25-26-21)15-7-5-6-8-16(15)27(19)4-2/h5-12,17H,3-4H2,1-2H3,(H,23,28)(H2,22,29,30)/t17-/m0/s1. The molecule has 0 fully saturated rings. The van der Waals surface area contributed by atoms with Gasteiger partial charge in [-0.05, 0) is 43.7 Å². The normalized spacial score (nSPS) is 12.8. The molecule has 0 aliphatic heterocycles. The van der Waals surface area contributed by atoms with Gasteiger partial charge in [0.15, 0.2) is 5.65 Å². The summed E-state index contributed by atoms with van der Waals surface area (Å²) in [7, 11) is -3.79. The molecule has 3 N–H and O–H groups in total. The number of rotatable bonds is 7. The number of nitrogens with zero attached hydrogens (tertiary/aromatic N) is 4. The number of fused-ring (bicyclic) bond motifs is 3. The molecule has 0 unspecified atom stereocenters. The number of hydrogen-bond acceptors (Lipinski definition) is 7. The largest absolute Gasteiger partial charge is 0.325 e. The van der Waals surface area contributed by atoms with Crippen molar-refractivity contribution in [2.24, 2.45) is 5.14 Å². The highest BCUT2D eigenvalue weighted by molar-refractivity contribution is 8.00. The SMILES string of the molecule is CC[C@H](Sc1nnc2c3ccccc3n(CC)c2n1)C(=O)Nc1ccc(S(N)(=O)=O)cc1. The number of carbonyl (C=O) groups excluding carboxylic acids is 1. The van der Waals surface area contributed by atoms with Gasteiger partial charge in [0, 0.05) is 17.6 Å². The van der Waals surface area contributed by atoms with E-state index in [-0.39, 0.29) is 10.8 Å². The summed E-state index contributed by atoms with van der Waals surface area (Å²) in [4.78, 5) is 17.5. The Hall–Kier alpha value is -3.02. The van der Waals surface area contributed by atoms with Crippen molar-refractivity contribution in [3.8, 4) is 0 Å². The van der Waals surface area contributed by atoms with E-state index in [4.69, 9.17) is 10.1 Å². The monoisotopic (exact) mass is 470 g/mol. The third-order valence-corrected chi connectivity index (χ3v) is 7.18. The number of anilines is 1. The van der Waals surface area contributed by atoms with E-state index < -0.39 is 15.3 Å². The summed E-state index contributed by atoms with van der Waals surface area (Å²) in [6.07, 6.45) is 0.546. The molecule has 0 saturated carbocycles. The molecule has 4 aromatic rings. The zero-order chi connectivity index (χ0) is 22.9. The third kappa shape index (κ3) is 4.31. The van der Waals surface area contributed by atoms with Gasteiger partial charge >= 0.3 is 0 Å². The molecule has 2 aromatic heterocycles. The minimum absolute atomic E-state index is 0.0176. The summed E-state index contributed by atoms with van der Waals surface area (Å²) in [5.74, 6) is -0.236. The fourth-order valence-electron chi connectivity index (χ4n) is 3.46. The number of nitrogens with one attached hydrogen (secondary N) is 1. The highest BCUT2D eigenvalue weighted by Gasteiger charge is 2.22. The molecule has 32 heavy (non-hydrogen) atoms. The van der Waals surface area contributed by atoms with Crippen molar-refractivity contribution in [2.45, 2.75) is 42.1 Å². The van der Waals surface area contributed by atoms with E-state index in [1.165, 1.54) is 36.0 Å². The van der Waals surface area contributed by atoms with Crippen LogP contribution in [0.3, 0.4) is 0 Å². The highest BCUT2D eigenvalue weighted by atomic mass is 32.2. The number of aryl methyl sites for hydroxylation is 1. The Morgan fingerprint density at radius 3 is 2.50 bits per heavy atom. The lowest BCUT2D eigenvalue weighted by Crippen LogP contribution is -2.25. The third-order valence-electron chi connectivity index (χ3n) is 5.03. The molecule has 0 radical (unpaired) electrons. The maximum atomic E-state index is 12.8. The number of sulfonamides is 1. The van der Waals surface area contributed by atoms with Gasteiger partial charge in [-0.3, -0.25) is 4.79 Å². The first-order chi connectivity index (χ1) is 15.3. The number of carbonyl (C=O) groups is 1. The Bertz CT molecular complexity index is 1400. The van der Waals surface area contributed by atoms with E-state index >= 15 is 0 Å². The number of nitrogens with two attached hydrogens (primary N) is 1. The molecule has 0 aliphatic rings. The molecule has 2 heterocycles. The molecule has 4 rings (SSSR count). The van der Waals surface area contributed by atoms with Gasteiger partial charge in [-0.2, -0.15) is 0 Å². The molecule has 0 bridgehead atoms. The number of benzene rings is 2. The maximum Gasteiger partial charge on any atom is 0.238 e. The second kappa shape index (κ2) is 8.85. The summed E-state index contributed by atoms with van der Waals surface area (Å²) in [5, 5.41) is 17.5. The number of amides is 1. The zero-order valence-corrected chi connectivity index (χ0v) is 19.2. The average Bonchev–Trinajstić information content (AvgIpc) is 3.10. The van der Waals surface area contributed by atoms with Crippen LogP contribution in [0.15, 0.2) is 58.6 Å². The van der Waals surface area contributed by atoms with E-state index in [0.717, 1.165) is 28.6 Å². The smallest absolute Gasteiger partial charge is 0.238 e. The van der Waals surface area contributed by atoms with Gasteiger partial charge in [0.05, 0.1) is 15.7 Å². The first-order valence-electron chi connectivity index (χ1n) is 10.0. The van der Waals surface area contributed by atoms with Crippen molar-refractivity contribution in [3.63, 3.8) is 0 Å². The van der Waals surface area contributed by atoms with E-state index in [2.05, 4.69) is 20.1 Å². The van der Waals surface area contributed by atoms with Crippen molar-refractivity contribution >= 4 is 55.4 Å². The first kappa shape index (κ1) is 22.2. The van der Waals surface area contributed by atoms with Gasteiger partial charge in [-0.1, -0.05) is 36.9 Å². The van der Waals surface area contributed by atoms with Crippen LogP contribution in [0.2, 0.25) is 0 Å². The summed E-state index contributed by atoms with van der Waals surface area (Å²) in [6, 6.07) is 13.7. The predicted molar refractivity (Wildman–Crippen MR) is 125 cm³/mol. The molecule has 1 amide bonds. The van der Waals surface area contributed by atoms with E-state index in [1.807, 2.05) is 38.1 Å². The molecule has 0 aliphatic carbocycles. The predicted octanol–water partition coefficient (Wildman–Crippen LogP) is 3.16. The Morgan fingerprint density at radius 1 is 1.12 bits per heavy atom. The highest BCUT2D eigenvalue weighted by Crippen LogP contribution is 2.29. The molecule has 1 atom stereocenters. The Balaban J connectivity index is 1.56. The number of aromatic nitrogens is 4. The Labute approximate surface area is 189 Å². The van der Waals surface area contributed by atoms with Gasteiger partial charge < -0.3 is 9.88 Å². The molecule has 11 heteroatoms. The molecule has 0 spiro atoms. The molecule has 0 saturated heterocycles. The number of para-hydroxylation sites is 1. The van der Waals surface area contributed by atoms with Crippen LogP contribution in [0.1, 0.15) is 20.3 Å². The lowest BCUT2D eigenvalue weighted by atomic mass is 10.2. The number of hydrogen-bond donors (Lipinski definition) is 2.